The Hall–Kier alpha value is -0.660. The lowest BCUT2D eigenvalue weighted by atomic mass is 10.1. The highest BCUT2D eigenvalue weighted by Crippen LogP contribution is 1.98. The minimum atomic E-state index is -3.13. The fourth-order valence-corrected chi connectivity index (χ4v) is 1.63. The summed E-state index contributed by atoms with van der Waals surface area (Å²) in [7, 11) is -3.13. The van der Waals surface area contributed by atoms with E-state index in [1.54, 1.807) is 0 Å². The maximum absolute atomic E-state index is 11.4. The summed E-state index contributed by atoms with van der Waals surface area (Å²) in [6, 6.07) is 0. The van der Waals surface area contributed by atoms with Crippen LogP contribution in [-0.2, 0) is 14.8 Å². The second kappa shape index (κ2) is 7.59. The maximum Gasteiger partial charge on any atom is 0.222 e. The number of carbonyl (C=O) groups is 1. The molecule has 1 amide bonds. The quantitative estimate of drug-likeness (QED) is 0.483. The second-order valence-electron chi connectivity index (χ2n) is 3.79. The highest BCUT2D eigenvalue weighted by Gasteiger charge is 2.10. The molecule has 0 aromatic carbocycles. The standard InChI is InChI=1S/C9H21N3O3S/c1-8(4-5-10)9(13)11-6-3-7-12-16(2,14)15/h8,12H,3-7,10H2,1-2H3,(H,11,13). The van der Waals surface area contributed by atoms with Gasteiger partial charge in [0.2, 0.25) is 15.9 Å². The molecule has 96 valence electrons. The molecule has 0 aliphatic carbocycles. The Labute approximate surface area is 97.0 Å². The Bertz CT molecular complexity index is 303. The molecule has 1 atom stereocenters. The smallest absolute Gasteiger partial charge is 0.222 e. The van der Waals surface area contributed by atoms with Crippen LogP contribution in [0.3, 0.4) is 0 Å². The molecule has 0 saturated carbocycles. The fourth-order valence-electron chi connectivity index (χ4n) is 1.11. The van der Waals surface area contributed by atoms with E-state index < -0.39 is 10.0 Å². The molecular formula is C9H21N3O3S. The lowest BCUT2D eigenvalue weighted by molar-refractivity contribution is -0.124. The van der Waals surface area contributed by atoms with E-state index in [0.717, 1.165) is 6.26 Å². The zero-order valence-electron chi connectivity index (χ0n) is 9.82. The van der Waals surface area contributed by atoms with E-state index in [9.17, 15) is 13.2 Å². The molecule has 0 aromatic rings. The summed E-state index contributed by atoms with van der Waals surface area (Å²) in [5.41, 5.74) is 5.33. The Morgan fingerprint density at radius 3 is 2.50 bits per heavy atom. The van der Waals surface area contributed by atoms with Crippen molar-refractivity contribution in [3.8, 4) is 0 Å². The van der Waals surface area contributed by atoms with Gasteiger partial charge in [-0.1, -0.05) is 6.92 Å². The normalized spacial score (nSPS) is 13.4. The van der Waals surface area contributed by atoms with Crippen LogP contribution in [0.2, 0.25) is 0 Å². The third kappa shape index (κ3) is 8.63. The predicted molar refractivity (Wildman–Crippen MR) is 63.3 cm³/mol. The van der Waals surface area contributed by atoms with Crippen molar-refractivity contribution in [2.24, 2.45) is 11.7 Å². The molecule has 4 N–H and O–H groups in total. The van der Waals surface area contributed by atoms with Crippen LogP contribution in [0.25, 0.3) is 0 Å². The van der Waals surface area contributed by atoms with Gasteiger partial charge >= 0.3 is 0 Å². The molecule has 6 nitrogen and oxygen atoms in total. The predicted octanol–water partition coefficient (Wildman–Crippen LogP) is -0.973. The van der Waals surface area contributed by atoms with Crippen molar-refractivity contribution in [3.05, 3.63) is 0 Å². The molecule has 0 heterocycles. The van der Waals surface area contributed by atoms with E-state index in [-0.39, 0.29) is 11.8 Å². The highest BCUT2D eigenvalue weighted by atomic mass is 32.2. The van der Waals surface area contributed by atoms with Gasteiger partial charge in [0.05, 0.1) is 6.26 Å². The SMILES string of the molecule is CC(CCN)C(=O)NCCCNS(C)(=O)=O. The van der Waals surface area contributed by atoms with Gasteiger partial charge < -0.3 is 11.1 Å². The van der Waals surface area contributed by atoms with E-state index in [4.69, 9.17) is 5.73 Å². The van der Waals surface area contributed by atoms with E-state index in [0.29, 0.717) is 32.5 Å². The molecule has 0 radical (unpaired) electrons. The maximum atomic E-state index is 11.4. The van der Waals surface area contributed by atoms with Crippen LogP contribution in [0.1, 0.15) is 19.8 Å². The second-order valence-corrected chi connectivity index (χ2v) is 5.62. The summed E-state index contributed by atoms with van der Waals surface area (Å²) < 4.78 is 23.8. The number of sulfonamides is 1. The summed E-state index contributed by atoms with van der Waals surface area (Å²) in [6.45, 7) is 3.11. The van der Waals surface area contributed by atoms with Crippen LogP contribution in [-0.4, -0.2) is 40.2 Å². The molecule has 0 bridgehead atoms. The van der Waals surface area contributed by atoms with Crippen LogP contribution >= 0.6 is 0 Å². The number of hydrogen-bond donors (Lipinski definition) is 3. The molecule has 0 spiro atoms. The Morgan fingerprint density at radius 1 is 1.38 bits per heavy atom. The van der Waals surface area contributed by atoms with E-state index in [2.05, 4.69) is 10.0 Å². The van der Waals surface area contributed by atoms with Crippen LogP contribution in [0.5, 0.6) is 0 Å². The fraction of sp³-hybridized carbons (Fsp3) is 0.889. The molecule has 0 fully saturated rings. The first kappa shape index (κ1) is 15.3. The summed E-state index contributed by atoms with van der Waals surface area (Å²) in [5, 5.41) is 2.72. The van der Waals surface area contributed by atoms with Gasteiger partial charge in [-0.25, -0.2) is 13.1 Å². The van der Waals surface area contributed by atoms with Crippen molar-refractivity contribution < 1.29 is 13.2 Å². The van der Waals surface area contributed by atoms with Crippen molar-refractivity contribution in [1.29, 1.82) is 0 Å². The van der Waals surface area contributed by atoms with Gasteiger partial charge in [-0.2, -0.15) is 0 Å². The van der Waals surface area contributed by atoms with Gasteiger partial charge in [0, 0.05) is 19.0 Å². The average molecular weight is 251 g/mol. The molecule has 0 rings (SSSR count). The summed E-state index contributed by atoms with van der Waals surface area (Å²) in [4.78, 5) is 11.4. The zero-order chi connectivity index (χ0) is 12.6. The van der Waals surface area contributed by atoms with Crippen molar-refractivity contribution in [1.82, 2.24) is 10.0 Å². The van der Waals surface area contributed by atoms with Crippen molar-refractivity contribution in [2.45, 2.75) is 19.8 Å². The molecule has 0 aliphatic rings. The first-order valence-corrected chi connectivity index (χ1v) is 7.18. The van der Waals surface area contributed by atoms with Crippen molar-refractivity contribution in [3.63, 3.8) is 0 Å². The minimum absolute atomic E-state index is 0.0372. The first-order valence-electron chi connectivity index (χ1n) is 5.29. The summed E-state index contributed by atoms with van der Waals surface area (Å²) >= 11 is 0. The molecule has 16 heavy (non-hydrogen) atoms. The van der Waals surface area contributed by atoms with Gasteiger partial charge in [0.25, 0.3) is 0 Å². The number of hydrogen-bond acceptors (Lipinski definition) is 4. The highest BCUT2D eigenvalue weighted by molar-refractivity contribution is 7.88. The van der Waals surface area contributed by atoms with Gasteiger partial charge in [-0.15, -0.1) is 0 Å². The number of nitrogens with one attached hydrogen (secondary N) is 2. The van der Waals surface area contributed by atoms with Gasteiger partial charge in [0.15, 0.2) is 0 Å². The molecule has 1 unspecified atom stereocenters. The number of amides is 1. The third-order valence-corrected chi connectivity index (χ3v) is 2.79. The number of rotatable bonds is 8. The Kier molecular flexibility index (Phi) is 7.27. The van der Waals surface area contributed by atoms with E-state index >= 15 is 0 Å². The van der Waals surface area contributed by atoms with Gasteiger partial charge in [0.1, 0.15) is 0 Å². The topological polar surface area (TPSA) is 101 Å². The zero-order valence-corrected chi connectivity index (χ0v) is 10.6. The molecule has 0 aromatic heterocycles. The lowest BCUT2D eigenvalue weighted by Crippen LogP contribution is -2.33. The van der Waals surface area contributed by atoms with Crippen LogP contribution in [0, 0.1) is 5.92 Å². The minimum Gasteiger partial charge on any atom is -0.356 e. The number of carbonyl (C=O) groups excluding carboxylic acids is 1. The average Bonchev–Trinajstić information content (AvgIpc) is 2.15. The number of nitrogens with two attached hydrogens (primary N) is 1. The van der Waals surface area contributed by atoms with Crippen molar-refractivity contribution in [2.75, 3.05) is 25.9 Å². The van der Waals surface area contributed by atoms with Crippen LogP contribution in [0.15, 0.2) is 0 Å². The first-order chi connectivity index (χ1) is 7.37. The third-order valence-electron chi connectivity index (χ3n) is 2.06. The Balaban J connectivity index is 3.56. The lowest BCUT2D eigenvalue weighted by Gasteiger charge is -2.10. The van der Waals surface area contributed by atoms with Crippen molar-refractivity contribution >= 4 is 15.9 Å². The largest absolute Gasteiger partial charge is 0.356 e. The van der Waals surface area contributed by atoms with E-state index in [1.165, 1.54) is 0 Å². The monoisotopic (exact) mass is 251 g/mol. The molecule has 7 heteroatoms. The van der Waals surface area contributed by atoms with E-state index in [1.807, 2.05) is 6.92 Å². The molecule has 0 saturated heterocycles. The summed E-state index contributed by atoms with van der Waals surface area (Å²) in [6.07, 6.45) is 2.34. The Morgan fingerprint density at radius 2 is 2.00 bits per heavy atom. The molecule has 0 aliphatic heterocycles. The van der Waals surface area contributed by atoms with Crippen LogP contribution < -0.4 is 15.8 Å². The van der Waals surface area contributed by atoms with Gasteiger partial charge in [-0.3, -0.25) is 4.79 Å². The summed E-state index contributed by atoms with van der Waals surface area (Å²) in [5.74, 6) is -0.127. The van der Waals surface area contributed by atoms with Gasteiger partial charge in [-0.05, 0) is 19.4 Å². The molecular weight excluding hydrogens is 230 g/mol. The van der Waals surface area contributed by atoms with Crippen LogP contribution in [0.4, 0.5) is 0 Å².